The molecule has 6 heteroatoms. The van der Waals surface area contributed by atoms with Crippen LogP contribution in [-0.2, 0) is 9.59 Å². The SMILES string of the molecule is CCCCCC(CCCCC)(C(=O)[O-])C(=O)[O-].[K+].[Na+]. The first-order chi connectivity index (χ1) is 8.01. The molecule has 0 saturated heterocycles. The normalized spacial score (nSPS) is 10.2. The average molecular weight is 304 g/mol. The summed E-state index contributed by atoms with van der Waals surface area (Å²) in [5.41, 5.74) is -1.79. The second kappa shape index (κ2) is 14.5. The topological polar surface area (TPSA) is 80.3 Å². The maximum Gasteiger partial charge on any atom is 1.00 e. The van der Waals surface area contributed by atoms with Gasteiger partial charge in [-0.2, -0.15) is 0 Å². The zero-order valence-corrected chi connectivity index (χ0v) is 17.9. The number of aliphatic carboxylic acids is 2. The number of carboxylic acids is 2. The van der Waals surface area contributed by atoms with Gasteiger partial charge in [0.05, 0.1) is 11.9 Å². The summed E-state index contributed by atoms with van der Waals surface area (Å²) in [6.45, 7) is 3.97. The van der Waals surface area contributed by atoms with Crippen LogP contribution in [0.5, 0.6) is 0 Å². The van der Waals surface area contributed by atoms with E-state index >= 15 is 0 Å². The maximum absolute atomic E-state index is 11.1. The average Bonchev–Trinajstić information content (AvgIpc) is 2.26. The largest absolute Gasteiger partial charge is 1.00 e. The van der Waals surface area contributed by atoms with Gasteiger partial charge in [0.25, 0.3) is 0 Å². The Balaban J connectivity index is -0.00000128. The third-order valence-electron chi connectivity index (χ3n) is 3.20. The van der Waals surface area contributed by atoms with Gasteiger partial charge in [-0.25, -0.2) is 0 Å². The van der Waals surface area contributed by atoms with Crippen LogP contribution in [-0.4, -0.2) is 11.9 Å². The van der Waals surface area contributed by atoms with Crippen LogP contribution in [0.15, 0.2) is 0 Å². The molecule has 0 aromatic carbocycles. The van der Waals surface area contributed by atoms with Crippen molar-refractivity contribution in [3.05, 3.63) is 0 Å². The van der Waals surface area contributed by atoms with E-state index in [0.717, 1.165) is 25.7 Å². The molecule has 0 aliphatic rings. The molecule has 100 valence electrons. The number of carbonyl (C=O) groups is 2. The minimum Gasteiger partial charge on any atom is -0.549 e. The second-order valence-corrected chi connectivity index (χ2v) is 4.57. The summed E-state index contributed by atoms with van der Waals surface area (Å²) in [7, 11) is 0. The summed E-state index contributed by atoms with van der Waals surface area (Å²) >= 11 is 0. The molecule has 0 atom stereocenters. The molecule has 0 aliphatic heterocycles. The molecular formula is C13H22KNaO4. The van der Waals surface area contributed by atoms with Crippen molar-refractivity contribution in [1.29, 1.82) is 0 Å². The molecule has 0 unspecified atom stereocenters. The van der Waals surface area contributed by atoms with Crippen LogP contribution in [0.25, 0.3) is 0 Å². The Labute approximate surface area is 180 Å². The van der Waals surface area contributed by atoms with Crippen molar-refractivity contribution in [2.24, 2.45) is 5.41 Å². The van der Waals surface area contributed by atoms with E-state index in [2.05, 4.69) is 0 Å². The molecule has 0 aromatic heterocycles. The van der Waals surface area contributed by atoms with E-state index in [9.17, 15) is 19.8 Å². The van der Waals surface area contributed by atoms with E-state index < -0.39 is 17.4 Å². The quantitative estimate of drug-likeness (QED) is 0.229. The van der Waals surface area contributed by atoms with Crippen LogP contribution < -0.4 is 91.2 Å². The molecule has 19 heavy (non-hydrogen) atoms. The van der Waals surface area contributed by atoms with E-state index in [1.165, 1.54) is 0 Å². The Morgan fingerprint density at radius 1 is 0.842 bits per heavy atom. The minimum atomic E-state index is -1.79. The van der Waals surface area contributed by atoms with Gasteiger partial charge >= 0.3 is 80.9 Å². The Morgan fingerprint density at radius 2 is 1.16 bits per heavy atom. The molecule has 0 fully saturated rings. The van der Waals surface area contributed by atoms with E-state index in [1.54, 1.807) is 0 Å². The van der Waals surface area contributed by atoms with Crippen molar-refractivity contribution in [3.63, 3.8) is 0 Å². The molecule has 0 spiro atoms. The Hall–Kier alpha value is 1.58. The van der Waals surface area contributed by atoms with E-state index in [-0.39, 0.29) is 93.8 Å². The molecule has 0 heterocycles. The first kappa shape index (κ1) is 25.5. The third-order valence-corrected chi connectivity index (χ3v) is 3.20. The Bertz CT molecular complexity index is 233. The summed E-state index contributed by atoms with van der Waals surface area (Å²) in [6.07, 6.45) is 4.92. The predicted octanol–water partition coefficient (Wildman–Crippen LogP) is -5.36. The molecule has 4 nitrogen and oxygen atoms in total. The summed E-state index contributed by atoms with van der Waals surface area (Å²) in [5, 5.41) is 22.2. The van der Waals surface area contributed by atoms with Crippen LogP contribution in [0.3, 0.4) is 0 Å². The first-order valence-electron chi connectivity index (χ1n) is 6.44. The van der Waals surface area contributed by atoms with Crippen molar-refractivity contribution < 1.29 is 101 Å². The van der Waals surface area contributed by atoms with Gasteiger partial charge < -0.3 is 19.8 Å². The van der Waals surface area contributed by atoms with Crippen LogP contribution in [0.4, 0.5) is 0 Å². The molecular weight excluding hydrogens is 282 g/mol. The summed E-state index contributed by atoms with van der Waals surface area (Å²) in [5.74, 6) is -2.99. The summed E-state index contributed by atoms with van der Waals surface area (Å²) in [6, 6.07) is 0. The first-order valence-corrected chi connectivity index (χ1v) is 6.44. The monoisotopic (exact) mass is 304 g/mol. The number of hydrogen-bond donors (Lipinski definition) is 0. The third kappa shape index (κ3) is 9.25. The van der Waals surface area contributed by atoms with Crippen LogP contribution >= 0.6 is 0 Å². The molecule has 0 saturated carbocycles. The number of carboxylic acid groups (broad SMARTS) is 2. The standard InChI is InChI=1S/C13H24O4.K.Na/c1-3-5-7-9-13(11(14)15,12(16)17)10-8-6-4-2;;/h3-10H2,1-2H3,(H,14,15)(H,16,17);;/q;2*+1/p-2. The van der Waals surface area contributed by atoms with Crippen molar-refractivity contribution in [2.75, 3.05) is 0 Å². The van der Waals surface area contributed by atoms with Gasteiger partial charge in [-0.15, -0.1) is 0 Å². The maximum atomic E-state index is 11.1. The van der Waals surface area contributed by atoms with Gasteiger partial charge in [0.15, 0.2) is 0 Å². The van der Waals surface area contributed by atoms with E-state index in [0.29, 0.717) is 12.8 Å². The number of unbranched alkanes of at least 4 members (excludes halogenated alkanes) is 4. The number of hydrogen-bond acceptors (Lipinski definition) is 4. The van der Waals surface area contributed by atoms with Crippen molar-refractivity contribution in [3.8, 4) is 0 Å². The minimum absolute atomic E-state index is 0. The summed E-state index contributed by atoms with van der Waals surface area (Å²) in [4.78, 5) is 22.2. The van der Waals surface area contributed by atoms with Gasteiger partial charge in [0.1, 0.15) is 0 Å². The smallest absolute Gasteiger partial charge is 0.549 e. The predicted molar refractivity (Wildman–Crippen MR) is 60.7 cm³/mol. The van der Waals surface area contributed by atoms with E-state index in [1.807, 2.05) is 13.8 Å². The van der Waals surface area contributed by atoms with Gasteiger partial charge in [-0.3, -0.25) is 0 Å². The van der Waals surface area contributed by atoms with Crippen LogP contribution in [0, 0.1) is 5.41 Å². The molecule has 0 radical (unpaired) electrons. The fraction of sp³-hybridized carbons (Fsp3) is 0.846. The molecule has 0 N–H and O–H groups in total. The molecule has 0 bridgehead atoms. The summed E-state index contributed by atoms with van der Waals surface area (Å²) < 4.78 is 0. The van der Waals surface area contributed by atoms with Crippen molar-refractivity contribution >= 4 is 11.9 Å². The van der Waals surface area contributed by atoms with Gasteiger partial charge in [0, 0.05) is 5.41 Å². The number of rotatable bonds is 10. The van der Waals surface area contributed by atoms with Crippen LogP contribution in [0.2, 0.25) is 0 Å². The van der Waals surface area contributed by atoms with Crippen molar-refractivity contribution in [1.82, 2.24) is 0 Å². The molecule has 0 aromatic rings. The molecule has 0 rings (SSSR count). The Kier molecular flexibility index (Phi) is 19.5. The number of carbonyl (C=O) groups excluding carboxylic acids is 2. The fourth-order valence-electron chi connectivity index (χ4n) is 1.97. The van der Waals surface area contributed by atoms with Crippen LogP contribution in [0.1, 0.15) is 65.2 Å². The molecule has 0 amide bonds. The van der Waals surface area contributed by atoms with E-state index in [4.69, 9.17) is 0 Å². The zero-order valence-electron chi connectivity index (χ0n) is 12.8. The Morgan fingerprint density at radius 3 is 1.37 bits per heavy atom. The second-order valence-electron chi connectivity index (χ2n) is 4.57. The molecule has 0 aliphatic carbocycles. The van der Waals surface area contributed by atoms with Gasteiger partial charge in [0.2, 0.25) is 0 Å². The van der Waals surface area contributed by atoms with Gasteiger partial charge in [-0.1, -0.05) is 52.4 Å². The fourth-order valence-corrected chi connectivity index (χ4v) is 1.97. The van der Waals surface area contributed by atoms with Gasteiger partial charge in [-0.05, 0) is 12.8 Å². The zero-order chi connectivity index (χ0) is 13.3. The van der Waals surface area contributed by atoms with Crippen molar-refractivity contribution in [2.45, 2.75) is 65.2 Å².